The van der Waals surface area contributed by atoms with Crippen LogP contribution in [0.15, 0.2) is 47.4 Å². The Morgan fingerprint density at radius 2 is 1.67 bits per heavy atom. The third-order valence-electron chi connectivity index (χ3n) is 5.21. The molecule has 1 N–H and O–H groups in total. The van der Waals surface area contributed by atoms with Crippen molar-refractivity contribution in [3.8, 4) is 11.5 Å². The molecule has 1 aliphatic carbocycles. The molecule has 0 spiro atoms. The topological polar surface area (TPSA) is 64.6 Å². The SMILES string of the molecule is COc1ccc(CNS(=O)(=O)c2ccc(C3CCCCC3)cc2)c(OC)c1. The van der Waals surface area contributed by atoms with Crippen LogP contribution in [-0.4, -0.2) is 22.6 Å². The minimum absolute atomic E-state index is 0.153. The van der Waals surface area contributed by atoms with E-state index in [-0.39, 0.29) is 11.4 Å². The first-order valence-electron chi connectivity index (χ1n) is 9.34. The van der Waals surface area contributed by atoms with Crippen LogP contribution in [0.1, 0.15) is 49.1 Å². The lowest BCUT2D eigenvalue weighted by molar-refractivity contribution is 0.390. The molecule has 2 aromatic rings. The number of nitrogens with one attached hydrogen (secondary N) is 1. The maximum atomic E-state index is 12.6. The highest BCUT2D eigenvalue weighted by molar-refractivity contribution is 7.89. The van der Waals surface area contributed by atoms with E-state index >= 15 is 0 Å². The second-order valence-electron chi connectivity index (χ2n) is 6.91. The molecule has 6 heteroatoms. The van der Waals surface area contributed by atoms with Crippen molar-refractivity contribution in [2.75, 3.05) is 14.2 Å². The first kappa shape index (κ1) is 19.7. The Morgan fingerprint density at radius 1 is 0.963 bits per heavy atom. The van der Waals surface area contributed by atoms with Gasteiger partial charge in [-0.25, -0.2) is 13.1 Å². The van der Waals surface area contributed by atoms with E-state index in [0.717, 1.165) is 5.56 Å². The van der Waals surface area contributed by atoms with Crippen molar-refractivity contribution < 1.29 is 17.9 Å². The Morgan fingerprint density at radius 3 is 2.30 bits per heavy atom. The van der Waals surface area contributed by atoms with Gasteiger partial charge >= 0.3 is 0 Å². The van der Waals surface area contributed by atoms with Crippen molar-refractivity contribution in [1.82, 2.24) is 4.72 Å². The van der Waals surface area contributed by atoms with E-state index in [4.69, 9.17) is 9.47 Å². The van der Waals surface area contributed by atoms with Crippen molar-refractivity contribution in [2.24, 2.45) is 0 Å². The molecule has 2 aromatic carbocycles. The van der Waals surface area contributed by atoms with Gasteiger partial charge in [0.05, 0.1) is 19.1 Å². The van der Waals surface area contributed by atoms with Gasteiger partial charge < -0.3 is 9.47 Å². The zero-order chi connectivity index (χ0) is 19.3. The third kappa shape index (κ3) is 4.82. The van der Waals surface area contributed by atoms with E-state index in [1.54, 1.807) is 44.6 Å². The average molecular weight is 390 g/mol. The molecule has 5 nitrogen and oxygen atoms in total. The fourth-order valence-corrected chi connectivity index (χ4v) is 4.62. The van der Waals surface area contributed by atoms with Crippen molar-refractivity contribution in [3.05, 3.63) is 53.6 Å². The molecule has 146 valence electrons. The number of hydrogen-bond acceptors (Lipinski definition) is 4. The molecule has 0 saturated heterocycles. The van der Waals surface area contributed by atoms with Gasteiger partial charge in [-0.15, -0.1) is 0 Å². The minimum atomic E-state index is -3.58. The standard InChI is InChI=1S/C21H27NO4S/c1-25-19-11-8-18(21(14-19)26-2)15-22-27(23,24)20-12-9-17(10-13-20)16-6-4-3-5-7-16/h8-14,16,22H,3-7,15H2,1-2H3. The molecule has 0 aromatic heterocycles. The summed E-state index contributed by atoms with van der Waals surface area (Å²) in [6.07, 6.45) is 6.22. The highest BCUT2D eigenvalue weighted by Crippen LogP contribution is 2.33. The Kier molecular flexibility index (Phi) is 6.39. The summed E-state index contributed by atoms with van der Waals surface area (Å²) in [6, 6.07) is 12.6. The fraction of sp³-hybridized carbons (Fsp3) is 0.429. The van der Waals surface area contributed by atoms with E-state index in [1.807, 2.05) is 12.1 Å². The quantitative estimate of drug-likeness (QED) is 0.770. The molecule has 0 atom stereocenters. The Hall–Kier alpha value is -2.05. The summed E-state index contributed by atoms with van der Waals surface area (Å²) in [5.74, 6) is 1.81. The second kappa shape index (κ2) is 8.76. The number of ether oxygens (including phenoxy) is 2. The normalized spacial score (nSPS) is 15.5. The number of sulfonamides is 1. The van der Waals surface area contributed by atoms with Crippen LogP contribution in [0.3, 0.4) is 0 Å². The lowest BCUT2D eigenvalue weighted by Gasteiger charge is -2.22. The van der Waals surface area contributed by atoms with Crippen LogP contribution in [0, 0.1) is 0 Å². The molecule has 0 bridgehead atoms. The molecule has 1 saturated carbocycles. The van der Waals surface area contributed by atoms with Crippen LogP contribution in [0.4, 0.5) is 0 Å². The highest BCUT2D eigenvalue weighted by atomic mass is 32.2. The van der Waals surface area contributed by atoms with Gasteiger partial charge in [-0.1, -0.05) is 37.5 Å². The van der Waals surface area contributed by atoms with Crippen LogP contribution in [-0.2, 0) is 16.6 Å². The molecular weight excluding hydrogens is 362 g/mol. The zero-order valence-electron chi connectivity index (χ0n) is 15.9. The molecule has 1 aliphatic rings. The van der Waals surface area contributed by atoms with E-state index < -0.39 is 10.0 Å². The summed E-state index contributed by atoms with van der Waals surface area (Å²) < 4.78 is 38.4. The highest BCUT2D eigenvalue weighted by Gasteiger charge is 2.18. The first-order chi connectivity index (χ1) is 13.0. The summed E-state index contributed by atoms with van der Waals surface area (Å²) in [5.41, 5.74) is 1.99. The van der Waals surface area contributed by atoms with Gasteiger partial charge in [0, 0.05) is 18.2 Å². The summed E-state index contributed by atoms with van der Waals surface area (Å²) >= 11 is 0. The summed E-state index contributed by atoms with van der Waals surface area (Å²) in [7, 11) is -0.454. The Balaban J connectivity index is 1.69. The van der Waals surface area contributed by atoms with E-state index in [0.29, 0.717) is 17.4 Å². The molecule has 27 heavy (non-hydrogen) atoms. The van der Waals surface area contributed by atoms with Gasteiger partial charge in [0.25, 0.3) is 0 Å². The third-order valence-corrected chi connectivity index (χ3v) is 6.63. The average Bonchev–Trinajstić information content (AvgIpc) is 2.73. The van der Waals surface area contributed by atoms with Gasteiger partial charge in [0.15, 0.2) is 0 Å². The van der Waals surface area contributed by atoms with Crippen LogP contribution < -0.4 is 14.2 Å². The van der Waals surface area contributed by atoms with Gasteiger partial charge in [0.1, 0.15) is 11.5 Å². The van der Waals surface area contributed by atoms with Crippen molar-refractivity contribution in [3.63, 3.8) is 0 Å². The molecule has 0 aliphatic heterocycles. The van der Waals surface area contributed by atoms with Gasteiger partial charge in [-0.05, 0) is 42.5 Å². The largest absolute Gasteiger partial charge is 0.497 e. The smallest absolute Gasteiger partial charge is 0.240 e. The molecule has 0 unspecified atom stereocenters. The van der Waals surface area contributed by atoms with Crippen LogP contribution >= 0.6 is 0 Å². The van der Waals surface area contributed by atoms with E-state index in [2.05, 4.69) is 4.72 Å². The monoisotopic (exact) mass is 389 g/mol. The molecule has 3 rings (SSSR count). The number of methoxy groups -OCH3 is 2. The molecular formula is C21H27NO4S. The van der Waals surface area contributed by atoms with Crippen LogP contribution in [0.25, 0.3) is 0 Å². The maximum absolute atomic E-state index is 12.6. The van der Waals surface area contributed by atoms with Crippen molar-refractivity contribution >= 4 is 10.0 Å². The fourth-order valence-electron chi connectivity index (χ4n) is 3.61. The van der Waals surface area contributed by atoms with Crippen molar-refractivity contribution in [2.45, 2.75) is 49.5 Å². The number of benzene rings is 2. The van der Waals surface area contributed by atoms with E-state index in [1.165, 1.54) is 37.7 Å². The maximum Gasteiger partial charge on any atom is 0.240 e. The van der Waals surface area contributed by atoms with Gasteiger partial charge in [-0.3, -0.25) is 0 Å². The molecule has 0 radical (unpaired) electrons. The lowest BCUT2D eigenvalue weighted by atomic mass is 9.84. The Labute approximate surface area is 161 Å². The van der Waals surface area contributed by atoms with Gasteiger partial charge in [0.2, 0.25) is 10.0 Å². The summed E-state index contributed by atoms with van der Waals surface area (Å²) in [5, 5.41) is 0. The zero-order valence-corrected chi connectivity index (χ0v) is 16.7. The predicted octanol–water partition coefficient (Wildman–Crippen LogP) is 4.23. The number of rotatable bonds is 7. The molecule has 1 fully saturated rings. The van der Waals surface area contributed by atoms with Crippen molar-refractivity contribution in [1.29, 1.82) is 0 Å². The first-order valence-corrected chi connectivity index (χ1v) is 10.8. The summed E-state index contributed by atoms with van der Waals surface area (Å²) in [6.45, 7) is 0.153. The summed E-state index contributed by atoms with van der Waals surface area (Å²) in [4.78, 5) is 0.287. The van der Waals surface area contributed by atoms with Crippen LogP contribution in [0.2, 0.25) is 0 Å². The molecule has 0 heterocycles. The molecule has 0 amide bonds. The lowest BCUT2D eigenvalue weighted by Crippen LogP contribution is -2.23. The number of hydrogen-bond donors (Lipinski definition) is 1. The van der Waals surface area contributed by atoms with Crippen LogP contribution in [0.5, 0.6) is 11.5 Å². The minimum Gasteiger partial charge on any atom is -0.497 e. The predicted molar refractivity (Wildman–Crippen MR) is 106 cm³/mol. The van der Waals surface area contributed by atoms with E-state index in [9.17, 15) is 8.42 Å². The Bertz CT molecular complexity index is 856. The van der Waals surface area contributed by atoms with Gasteiger partial charge in [-0.2, -0.15) is 0 Å². The second-order valence-corrected chi connectivity index (χ2v) is 8.67.